The van der Waals surface area contributed by atoms with Gasteiger partial charge in [-0.05, 0) is 23.8 Å². The smallest absolute Gasteiger partial charge is 0.252 e. The van der Waals surface area contributed by atoms with Gasteiger partial charge in [0.1, 0.15) is 5.75 Å². The fourth-order valence-electron chi connectivity index (χ4n) is 1.61. The van der Waals surface area contributed by atoms with E-state index in [1.807, 2.05) is 18.2 Å². The third-order valence-electron chi connectivity index (χ3n) is 2.46. The van der Waals surface area contributed by atoms with E-state index in [9.17, 15) is 4.79 Å². The molecule has 0 atom stereocenters. The molecule has 1 aromatic heterocycles. The quantitative estimate of drug-likeness (QED) is 0.871. The summed E-state index contributed by atoms with van der Waals surface area (Å²) in [6, 6.07) is 9.04. The molecule has 0 spiro atoms. The number of methoxy groups -OCH3 is 1. The van der Waals surface area contributed by atoms with Crippen LogP contribution >= 0.6 is 0 Å². The van der Waals surface area contributed by atoms with Gasteiger partial charge in [0, 0.05) is 18.0 Å². The van der Waals surface area contributed by atoms with Gasteiger partial charge in [-0.15, -0.1) is 0 Å². The molecule has 4 nitrogen and oxygen atoms in total. The first-order valence-corrected chi connectivity index (χ1v) is 5.10. The van der Waals surface area contributed by atoms with Crippen LogP contribution in [0.25, 0.3) is 11.1 Å². The van der Waals surface area contributed by atoms with Crippen molar-refractivity contribution in [3.63, 3.8) is 0 Å². The number of rotatable bonds is 3. The Morgan fingerprint density at radius 3 is 2.71 bits per heavy atom. The molecule has 17 heavy (non-hydrogen) atoms. The van der Waals surface area contributed by atoms with E-state index >= 15 is 0 Å². The normalized spacial score (nSPS) is 9.94. The summed E-state index contributed by atoms with van der Waals surface area (Å²) >= 11 is 0. The SMILES string of the molecule is COc1cc(-c2cccnc2)ccc1C(N)=O. The Balaban J connectivity index is 2.49. The average molecular weight is 228 g/mol. The molecular weight excluding hydrogens is 216 g/mol. The van der Waals surface area contributed by atoms with E-state index in [0.717, 1.165) is 11.1 Å². The van der Waals surface area contributed by atoms with E-state index in [4.69, 9.17) is 10.5 Å². The minimum atomic E-state index is -0.500. The highest BCUT2D eigenvalue weighted by atomic mass is 16.5. The lowest BCUT2D eigenvalue weighted by Gasteiger charge is -2.08. The number of ether oxygens (including phenoxy) is 1. The van der Waals surface area contributed by atoms with Crippen molar-refractivity contribution in [3.8, 4) is 16.9 Å². The fraction of sp³-hybridized carbons (Fsp3) is 0.0769. The molecule has 1 amide bonds. The van der Waals surface area contributed by atoms with Crippen molar-refractivity contribution in [2.45, 2.75) is 0 Å². The van der Waals surface area contributed by atoms with E-state index in [0.29, 0.717) is 11.3 Å². The minimum Gasteiger partial charge on any atom is -0.496 e. The Bertz CT molecular complexity index is 538. The number of amides is 1. The third kappa shape index (κ3) is 2.25. The van der Waals surface area contributed by atoms with Gasteiger partial charge in [0.05, 0.1) is 12.7 Å². The molecule has 4 heteroatoms. The molecule has 0 radical (unpaired) electrons. The van der Waals surface area contributed by atoms with Crippen molar-refractivity contribution in [2.24, 2.45) is 5.73 Å². The number of aromatic nitrogens is 1. The molecule has 86 valence electrons. The largest absolute Gasteiger partial charge is 0.496 e. The second-order valence-electron chi connectivity index (χ2n) is 3.52. The Labute approximate surface area is 99.1 Å². The number of pyridine rings is 1. The highest BCUT2D eigenvalue weighted by Crippen LogP contribution is 2.26. The lowest BCUT2D eigenvalue weighted by Crippen LogP contribution is -2.12. The van der Waals surface area contributed by atoms with Gasteiger partial charge in [0.25, 0.3) is 5.91 Å². The van der Waals surface area contributed by atoms with Crippen LogP contribution in [0.15, 0.2) is 42.7 Å². The van der Waals surface area contributed by atoms with Gasteiger partial charge >= 0.3 is 0 Å². The molecule has 0 saturated carbocycles. The molecule has 2 aromatic rings. The van der Waals surface area contributed by atoms with Crippen LogP contribution in [0.5, 0.6) is 5.75 Å². The van der Waals surface area contributed by atoms with Crippen molar-refractivity contribution in [1.29, 1.82) is 0 Å². The maximum Gasteiger partial charge on any atom is 0.252 e. The molecule has 0 aliphatic carbocycles. The number of carbonyl (C=O) groups is 1. The summed E-state index contributed by atoms with van der Waals surface area (Å²) in [4.78, 5) is 15.2. The summed E-state index contributed by atoms with van der Waals surface area (Å²) in [6.07, 6.45) is 3.46. The molecule has 0 bridgehead atoms. The van der Waals surface area contributed by atoms with E-state index in [-0.39, 0.29) is 0 Å². The molecule has 0 aliphatic rings. The number of primary amides is 1. The van der Waals surface area contributed by atoms with Gasteiger partial charge in [0.15, 0.2) is 0 Å². The molecule has 2 rings (SSSR count). The first kappa shape index (κ1) is 11.1. The summed E-state index contributed by atoms with van der Waals surface area (Å²) in [5, 5.41) is 0. The predicted octanol–water partition coefficient (Wildman–Crippen LogP) is 1.86. The van der Waals surface area contributed by atoms with Gasteiger partial charge in [-0.3, -0.25) is 9.78 Å². The zero-order valence-corrected chi connectivity index (χ0v) is 9.38. The maximum atomic E-state index is 11.2. The van der Waals surface area contributed by atoms with Crippen LogP contribution in [-0.4, -0.2) is 18.0 Å². The van der Waals surface area contributed by atoms with Gasteiger partial charge in [0.2, 0.25) is 0 Å². The van der Waals surface area contributed by atoms with Crippen LogP contribution in [-0.2, 0) is 0 Å². The molecular formula is C13H12N2O2. The van der Waals surface area contributed by atoms with Crippen LogP contribution in [0.2, 0.25) is 0 Å². The van der Waals surface area contributed by atoms with Crippen LogP contribution in [0.3, 0.4) is 0 Å². The Morgan fingerprint density at radius 1 is 1.29 bits per heavy atom. The second-order valence-corrected chi connectivity index (χ2v) is 3.52. The van der Waals surface area contributed by atoms with Crippen LogP contribution in [0.4, 0.5) is 0 Å². The van der Waals surface area contributed by atoms with E-state index in [2.05, 4.69) is 4.98 Å². The molecule has 0 fully saturated rings. The number of hydrogen-bond acceptors (Lipinski definition) is 3. The monoisotopic (exact) mass is 228 g/mol. The van der Waals surface area contributed by atoms with Crippen molar-refractivity contribution >= 4 is 5.91 Å². The van der Waals surface area contributed by atoms with Gasteiger partial charge in [-0.25, -0.2) is 0 Å². The molecule has 1 aromatic carbocycles. The van der Waals surface area contributed by atoms with Crippen molar-refractivity contribution in [2.75, 3.05) is 7.11 Å². The number of hydrogen-bond donors (Lipinski definition) is 1. The van der Waals surface area contributed by atoms with Crippen LogP contribution in [0.1, 0.15) is 10.4 Å². The van der Waals surface area contributed by atoms with Crippen molar-refractivity contribution < 1.29 is 9.53 Å². The van der Waals surface area contributed by atoms with E-state index in [1.54, 1.807) is 24.5 Å². The Kier molecular flexibility index (Phi) is 3.05. The van der Waals surface area contributed by atoms with Gasteiger partial charge < -0.3 is 10.5 Å². The highest BCUT2D eigenvalue weighted by Gasteiger charge is 2.10. The lowest BCUT2D eigenvalue weighted by atomic mass is 10.0. The zero-order valence-electron chi connectivity index (χ0n) is 9.38. The standard InChI is InChI=1S/C13H12N2O2/c1-17-12-7-9(4-5-11(12)13(14)16)10-3-2-6-15-8-10/h2-8H,1H3,(H2,14,16). The molecule has 0 aliphatic heterocycles. The van der Waals surface area contributed by atoms with Crippen LogP contribution < -0.4 is 10.5 Å². The Hall–Kier alpha value is -2.36. The summed E-state index contributed by atoms with van der Waals surface area (Å²) in [7, 11) is 1.51. The maximum absolute atomic E-state index is 11.2. The topological polar surface area (TPSA) is 65.2 Å². The molecule has 0 saturated heterocycles. The number of carbonyl (C=O) groups excluding carboxylic acids is 1. The lowest BCUT2D eigenvalue weighted by molar-refractivity contribution is 0.0997. The third-order valence-corrected chi connectivity index (χ3v) is 2.46. The first-order valence-electron chi connectivity index (χ1n) is 5.10. The summed E-state index contributed by atoms with van der Waals surface area (Å²) in [6.45, 7) is 0. The van der Waals surface area contributed by atoms with Crippen molar-refractivity contribution in [3.05, 3.63) is 48.3 Å². The van der Waals surface area contributed by atoms with Gasteiger partial charge in [-0.2, -0.15) is 0 Å². The van der Waals surface area contributed by atoms with E-state index < -0.39 is 5.91 Å². The first-order chi connectivity index (χ1) is 8.22. The second kappa shape index (κ2) is 4.65. The summed E-state index contributed by atoms with van der Waals surface area (Å²) in [5.41, 5.74) is 7.51. The van der Waals surface area contributed by atoms with Gasteiger partial charge in [-0.1, -0.05) is 12.1 Å². The molecule has 1 heterocycles. The minimum absolute atomic E-state index is 0.375. The molecule has 2 N–H and O–H groups in total. The van der Waals surface area contributed by atoms with E-state index in [1.165, 1.54) is 7.11 Å². The Morgan fingerprint density at radius 2 is 2.12 bits per heavy atom. The van der Waals surface area contributed by atoms with Crippen LogP contribution in [0, 0.1) is 0 Å². The molecule has 0 unspecified atom stereocenters. The summed E-state index contributed by atoms with van der Waals surface area (Å²) < 4.78 is 5.15. The fourth-order valence-corrected chi connectivity index (χ4v) is 1.61. The number of nitrogens with zero attached hydrogens (tertiary/aromatic N) is 1. The predicted molar refractivity (Wildman–Crippen MR) is 64.7 cm³/mol. The highest BCUT2D eigenvalue weighted by molar-refractivity contribution is 5.96. The summed E-state index contributed by atoms with van der Waals surface area (Å²) in [5.74, 6) is -0.0292. The zero-order chi connectivity index (χ0) is 12.3. The van der Waals surface area contributed by atoms with Crippen molar-refractivity contribution in [1.82, 2.24) is 4.98 Å². The number of benzene rings is 1. The average Bonchev–Trinajstić information content (AvgIpc) is 2.39. The number of nitrogens with two attached hydrogens (primary N) is 1.